The zero-order valence-electron chi connectivity index (χ0n) is 16.6. The Morgan fingerprint density at radius 3 is 2.41 bits per heavy atom. The molecule has 2 aliphatic carbocycles. The van der Waals surface area contributed by atoms with Crippen molar-refractivity contribution in [3.8, 4) is 6.07 Å². The number of allylic oxidation sites excluding steroid dienone is 4. The minimum atomic E-state index is -0.785. The van der Waals surface area contributed by atoms with Crippen LogP contribution in [0.3, 0.4) is 0 Å². The molecule has 2 fully saturated rings. The number of hydrogen-bond donors (Lipinski definition) is 0. The van der Waals surface area contributed by atoms with Crippen LogP contribution < -0.4 is 0 Å². The van der Waals surface area contributed by atoms with E-state index in [0.717, 1.165) is 63.5 Å². The van der Waals surface area contributed by atoms with Gasteiger partial charge in [-0.3, -0.25) is 0 Å². The van der Waals surface area contributed by atoms with Gasteiger partial charge in [-0.2, -0.15) is 9.65 Å². The van der Waals surface area contributed by atoms with Gasteiger partial charge in [-0.05, 0) is 92.9 Å². The van der Waals surface area contributed by atoms with Gasteiger partial charge in [0.05, 0.1) is 6.10 Å². The molecule has 0 aliphatic heterocycles. The topological polar surface area (TPSA) is 33.0 Å². The van der Waals surface area contributed by atoms with E-state index in [0.29, 0.717) is 17.8 Å². The molecule has 29 heavy (non-hydrogen) atoms. The number of hydrogen-bond acceptors (Lipinski definition) is 2. The van der Waals surface area contributed by atoms with Crippen LogP contribution in [-0.4, -0.2) is 12.7 Å². The molecule has 0 unspecified atom stereocenters. The van der Waals surface area contributed by atoms with E-state index in [9.17, 15) is 13.2 Å². The smallest absolute Gasteiger partial charge is 0.199 e. The number of nitriles is 1. The first-order valence-corrected chi connectivity index (χ1v) is 10.6. The normalized spacial score (nSPS) is 28.4. The number of ether oxygens (including phenoxy) is 1. The van der Waals surface area contributed by atoms with Gasteiger partial charge in [0.15, 0.2) is 17.5 Å². The summed E-state index contributed by atoms with van der Waals surface area (Å²) in [5.41, 5.74) is 0.902. The minimum Gasteiger partial charge on any atom is -0.378 e. The molecule has 0 aromatic heterocycles. The van der Waals surface area contributed by atoms with E-state index >= 15 is 0 Å². The summed E-state index contributed by atoms with van der Waals surface area (Å²) in [6.07, 6.45) is 13.2. The molecule has 0 spiro atoms. The molecule has 5 heteroatoms. The maximum atomic E-state index is 13.5. The lowest BCUT2D eigenvalue weighted by Crippen LogP contribution is -2.25. The fourth-order valence-corrected chi connectivity index (χ4v) is 4.48. The predicted octanol–water partition coefficient (Wildman–Crippen LogP) is 6.75. The summed E-state index contributed by atoms with van der Waals surface area (Å²) in [6, 6.07) is 5.74. The first-order valence-electron chi connectivity index (χ1n) is 10.6. The second-order valence-corrected chi connectivity index (χ2v) is 8.27. The molecule has 156 valence electrons. The van der Waals surface area contributed by atoms with Crippen LogP contribution in [0, 0.1) is 34.8 Å². The Hall–Kier alpha value is -2.06. The highest BCUT2D eigenvalue weighted by Crippen LogP contribution is 2.37. The molecule has 0 radical (unpaired) electrons. The Kier molecular flexibility index (Phi) is 7.94. The quantitative estimate of drug-likeness (QED) is 0.389. The third-order valence-corrected chi connectivity index (χ3v) is 6.28. The molecule has 0 atom stereocenters. The van der Waals surface area contributed by atoms with Gasteiger partial charge in [-0.15, -0.1) is 0 Å². The fourth-order valence-electron chi connectivity index (χ4n) is 4.48. The highest BCUT2D eigenvalue weighted by atomic mass is 19.2. The van der Waals surface area contributed by atoms with Crippen LogP contribution in [0.5, 0.6) is 0 Å². The summed E-state index contributed by atoms with van der Waals surface area (Å²) in [5.74, 6) is -1.05. The Bertz CT molecular complexity index is 767. The molecule has 2 saturated carbocycles. The fraction of sp³-hybridized carbons (Fsp3) is 0.542. The van der Waals surface area contributed by atoms with Crippen molar-refractivity contribution in [1.82, 2.24) is 0 Å². The molecule has 0 bridgehead atoms. The van der Waals surface area contributed by atoms with Gasteiger partial charge in [0.1, 0.15) is 6.07 Å². The number of benzene rings is 1. The van der Waals surface area contributed by atoms with E-state index in [1.165, 1.54) is 24.3 Å². The van der Waals surface area contributed by atoms with E-state index in [2.05, 4.69) is 0 Å². The van der Waals surface area contributed by atoms with E-state index in [-0.39, 0.29) is 6.10 Å². The Balaban J connectivity index is 1.35. The second-order valence-electron chi connectivity index (χ2n) is 8.27. The largest absolute Gasteiger partial charge is 0.378 e. The van der Waals surface area contributed by atoms with Crippen LogP contribution >= 0.6 is 0 Å². The van der Waals surface area contributed by atoms with E-state index < -0.39 is 17.5 Å². The van der Waals surface area contributed by atoms with Crippen molar-refractivity contribution in [1.29, 1.82) is 5.26 Å². The molecule has 2 aliphatic rings. The summed E-state index contributed by atoms with van der Waals surface area (Å²) in [7, 11) is 0. The van der Waals surface area contributed by atoms with Crippen molar-refractivity contribution in [3.05, 3.63) is 59.5 Å². The van der Waals surface area contributed by atoms with Gasteiger partial charge in [0.25, 0.3) is 0 Å². The predicted molar refractivity (Wildman–Crippen MR) is 107 cm³/mol. The maximum absolute atomic E-state index is 13.5. The first-order chi connectivity index (χ1) is 14.0. The van der Waals surface area contributed by atoms with Crippen LogP contribution in [0.4, 0.5) is 13.2 Å². The van der Waals surface area contributed by atoms with Crippen molar-refractivity contribution in [2.75, 3.05) is 6.61 Å². The molecular weight excluding hydrogens is 375 g/mol. The van der Waals surface area contributed by atoms with E-state index in [1.807, 2.05) is 6.08 Å². The average Bonchev–Trinajstić information content (AvgIpc) is 2.75. The zero-order chi connectivity index (χ0) is 20.6. The molecule has 2 nitrogen and oxygen atoms in total. The van der Waals surface area contributed by atoms with Crippen LogP contribution in [0.1, 0.15) is 62.8 Å². The van der Waals surface area contributed by atoms with Crippen molar-refractivity contribution in [2.45, 2.75) is 63.4 Å². The third kappa shape index (κ3) is 6.47. The third-order valence-electron chi connectivity index (χ3n) is 6.28. The molecule has 0 amide bonds. The van der Waals surface area contributed by atoms with E-state index in [4.69, 9.17) is 10.00 Å². The van der Waals surface area contributed by atoms with Crippen LogP contribution in [0.15, 0.2) is 42.3 Å². The van der Waals surface area contributed by atoms with Gasteiger partial charge < -0.3 is 4.74 Å². The van der Waals surface area contributed by atoms with Crippen LogP contribution in [-0.2, 0) is 4.74 Å². The van der Waals surface area contributed by atoms with Crippen molar-refractivity contribution >= 4 is 0 Å². The highest BCUT2D eigenvalue weighted by Gasteiger charge is 2.25. The molecule has 0 N–H and O–H groups in total. The molecular formula is C24H28F3NO. The highest BCUT2D eigenvalue weighted by molar-refractivity contribution is 5.22. The van der Waals surface area contributed by atoms with Gasteiger partial charge >= 0.3 is 0 Å². The lowest BCUT2D eigenvalue weighted by molar-refractivity contribution is -0.00457. The average molecular weight is 403 g/mol. The first kappa shape index (κ1) is 21.6. The van der Waals surface area contributed by atoms with Gasteiger partial charge in [-0.1, -0.05) is 18.2 Å². The van der Waals surface area contributed by atoms with Gasteiger partial charge in [0.2, 0.25) is 0 Å². The van der Waals surface area contributed by atoms with Gasteiger partial charge in [0, 0.05) is 6.61 Å². The van der Waals surface area contributed by atoms with Crippen molar-refractivity contribution < 1.29 is 17.9 Å². The monoisotopic (exact) mass is 403 g/mol. The molecule has 1 aromatic carbocycles. The second kappa shape index (κ2) is 10.6. The maximum Gasteiger partial charge on any atom is 0.199 e. The molecule has 1 aromatic rings. The number of halogens is 3. The SMILES string of the molecule is N#C/C(F)=C/C=C/[C@H]1CC[C@H](OC[C@H]2CC[C@H](c3ccc(F)c(F)c3)CC2)CC1. The van der Waals surface area contributed by atoms with Crippen molar-refractivity contribution in [2.24, 2.45) is 11.8 Å². The number of rotatable bonds is 6. The van der Waals surface area contributed by atoms with Crippen LogP contribution in [0.25, 0.3) is 0 Å². The molecule has 0 saturated heterocycles. The summed E-state index contributed by atoms with van der Waals surface area (Å²) in [5, 5.41) is 8.39. The summed E-state index contributed by atoms with van der Waals surface area (Å²) < 4.78 is 45.5. The summed E-state index contributed by atoms with van der Waals surface area (Å²) in [4.78, 5) is 0. The lowest BCUT2D eigenvalue weighted by Gasteiger charge is -2.32. The molecule has 3 rings (SSSR count). The van der Waals surface area contributed by atoms with Crippen molar-refractivity contribution in [3.63, 3.8) is 0 Å². The standard InChI is InChI=1S/C24H28F3NO/c25-21(15-28)3-1-2-17-6-11-22(12-7-17)29-16-18-4-8-19(9-5-18)20-10-13-23(26)24(27)14-20/h1-3,10,13-14,17-19,22H,4-9,11-12,16H2/b2-1+,21-3-/t17-,18-,19-,22-. The zero-order valence-corrected chi connectivity index (χ0v) is 16.6. The summed E-state index contributed by atoms with van der Waals surface area (Å²) >= 11 is 0. The minimum absolute atomic E-state index is 0.287. The number of nitrogens with zero attached hydrogens (tertiary/aromatic N) is 1. The van der Waals surface area contributed by atoms with Gasteiger partial charge in [-0.25, -0.2) is 8.78 Å². The van der Waals surface area contributed by atoms with E-state index in [1.54, 1.807) is 12.1 Å². The Labute approximate surface area is 171 Å². The lowest BCUT2D eigenvalue weighted by atomic mass is 9.79. The van der Waals surface area contributed by atoms with Crippen LogP contribution in [0.2, 0.25) is 0 Å². The summed E-state index contributed by atoms with van der Waals surface area (Å²) in [6.45, 7) is 0.770. The Morgan fingerprint density at radius 2 is 1.76 bits per heavy atom. The Morgan fingerprint density at radius 1 is 1.03 bits per heavy atom. The molecule has 0 heterocycles.